The van der Waals surface area contributed by atoms with E-state index in [1.807, 2.05) is 18.3 Å². The molecular formula is C14H19N3O. The standard InChI is InChI=1S/C14H19N3O/c1-2-5-13(4-1)17-11-12(9-16-17)8-15-10-14-6-3-7-18-14/h3,6-7,9,11,13,15H,1-2,4-5,8,10H2. The molecule has 1 aliphatic carbocycles. The van der Waals surface area contributed by atoms with Crippen LogP contribution in [0.2, 0.25) is 0 Å². The molecule has 0 amide bonds. The molecule has 1 saturated carbocycles. The van der Waals surface area contributed by atoms with Crippen LogP contribution in [0.15, 0.2) is 35.2 Å². The van der Waals surface area contributed by atoms with Crippen LogP contribution in [0.3, 0.4) is 0 Å². The van der Waals surface area contributed by atoms with Gasteiger partial charge in [-0.05, 0) is 25.0 Å². The fourth-order valence-electron chi connectivity index (χ4n) is 2.58. The van der Waals surface area contributed by atoms with E-state index in [0.29, 0.717) is 6.04 Å². The van der Waals surface area contributed by atoms with Crippen molar-refractivity contribution in [3.8, 4) is 0 Å². The molecule has 4 heteroatoms. The van der Waals surface area contributed by atoms with Crippen molar-refractivity contribution < 1.29 is 4.42 Å². The van der Waals surface area contributed by atoms with E-state index in [4.69, 9.17) is 4.42 Å². The summed E-state index contributed by atoms with van der Waals surface area (Å²) in [6, 6.07) is 4.52. The zero-order valence-electron chi connectivity index (χ0n) is 10.5. The highest BCUT2D eigenvalue weighted by Crippen LogP contribution is 2.28. The Morgan fingerprint density at radius 2 is 2.22 bits per heavy atom. The van der Waals surface area contributed by atoms with Crippen LogP contribution in [0.25, 0.3) is 0 Å². The van der Waals surface area contributed by atoms with Gasteiger partial charge in [0.15, 0.2) is 0 Å². The van der Waals surface area contributed by atoms with E-state index in [1.165, 1.54) is 31.2 Å². The molecule has 0 saturated heterocycles. The van der Waals surface area contributed by atoms with E-state index in [-0.39, 0.29) is 0 Å². The van der Waals surface area contributed by atoms with Crippen molar-refractivity contribution in [1.82, 2.24) is 15.1 Å². The lowest BCUT2D eigenvalue weighted by atomic mass is 10.2. The number of furan rings is 1. The molecular weight excluding hydrogens is 226 g/mol. The molecule has 0 spiro atoms. The highest BCUT2D eigenvalue weighted by Gasteiger charge is 2.17. The third-order valence-corrected chi connectivity index (χ3v) is 3.56. The predicted molar refractivity (Wildman–Crippen MR) is 69.0 cm³/mol. The SMILES string of the molecule is c1coc(CNCc2cnn(C3CCCC3)c2)c1. The molecule has 1 aliphatic rings. The van der Waals surface area contributed by atoms with Crippen molar-refractivity contribution >= 4 is 0 Å². The van der Waals surface area contributed by atoms with Crippen LogP contribution in [0, 0.1) is 0 Å². The number of nitrogens with one attached hydrogen (secondary N) is 1. The van der Waals surface area contributed by atoms with Gasteiger partial charge in [0.1, 0.15) is 5.76 Å². The minimum atomic E-state index is 0.629. The van der Waals surface area contributed by atoms with Gasteiger partial charge in [0.25, 0.3) is 0 Å². The first-order valence-electron chi connectivity index (χ1n) is 6.68. The van der Waals surface area contributed by atoms with E-state index in [1.54, 1.807) is 6.26 Å². The Hall–Kier alpha value is -1.55. The molecule has 0 bridgehead atoms. The molecule has 0 atom stereocenters. The third-order valence-electron chi connectivity index (χ3n) is 3.56. The molecule has 2 aromatic rings. The average molecular weight is 245 g/mol. The summed E-state index contributed by atoms with van der Waals surface area (Å²) < 4.78 is 7.41. The van der Waals surface area contributed by atoms with Crippen molar-refractivity contribution in [3.63, 3.8) is 0 Å². The topological polar surface area (TPSA) is 43.0 Å². The highest BCUT2D eigenvalue weighted by molar-refractivity contribution is 5.05. The Morgan fingerprint density at radius 1 is 1.33 bits per heavy atom. The Labute approximate surface area is 107 Å². The Bertz CT molecular complexity index is 469. The number of hydrogen-bond donors (Lipinski definition) is 1. The second-order valence-electron chi connectivity index (χ2n) is 4.95. The number of aromatic nitrogens is 2. The lowest BCUT2D eigenvalue weighted by Crippen LogP contribution is -2.11. The average Bonchev–Trinajstić information content (AvgIpc) is 3.12. The monoisotopic (exact) mass is 245 g/mol. The van der Waals surface area contributed by atoms with Gasteiger partial charge in [0.05, 0.1) is 25.0 Å². The summed E-state index contributed by atoms with van der Waals surface area (Å²) >= 11 is 0. The van der Waals surface area contributed by atoms with Crippen LogP contribution in [-0.4, -0.2) is 9.78 Å². The number of hydrogen-bond acceptors (Lipinski definition) is 3. The minimum absolute atomic E-state index is 0.629. The smallest absolute Gasteiger partial charge is 0.117 e. The number of rotatable bonds is 5. The van der Waals surface area contributed by atoms with Gasteiger partial charge in [-0.25, -0.2) is 0 Å². The molecule has 96 valence electrons. The summed E-state index contributed by atoms with van der Waals surface area (Å²) in [7, 11) is 0. The van der Waals surface area contributed by atoms with Gasteiger partial charge < -0.3 is 9.73 Å². The van der Waals surface area contributed by atoms with Crippen LogP contribution >= 0.6 is 0 Å². The quantitative estimate of drug-likeness (QED) is 0.880. The molecule has 0 radical (unpaired) electrons. The molecule has 1 fully saturated rings. The van der Waals surface area contributed by atoms with Crippen molar-refractivity contribution in [2.24, 2.45) is 0 Å². The fraction of sp³-hybridized carbons (Fsp3) is 0.500. The Balaban J connectivity index is 1.50. The maximum atomic E-state index is 5.27. The summed E-state index contributed by atoms with van der Waals surface area (Å²) in [5.74, 6) is 0.971. The van der Waals surface area contributed by atoms with Crippen LogP contribution in [0.1, 0.15) is 43.0 Å². The van der Waals surface area contributed by atoms with Gasteiger partial charge in [-0.1, -0.05) is 12.8 Å². The van der Waals surface area contributed by atoms with Crippen molar-refractivity contribution in [2.45, 2.75) is 44.8 Å². The fourth-order valence-corrected chi connectivity index (χ4v) is 2.58. The minimum Gasteiger partial charge on any atom is -0.468 e. The maximum absolute atomic E-state index is 5.27. The molecule has 0 unspecified atom stereocenters. The largest absolute Gasteiger partial charge is 0.468 e. The van der Waals surface area contributed by atoms with Gasteiger partial charge in [0, 0.05) is 18.3 Å². The number of nitrogens with zero attached hydrogens (tertiary/aromatic N) is 2. The maximum Gasteiger partial charge on any atom is 0.117 e. The molecule has 1 N–H and O–H groups in total. The normalized spacial score (nSPS) is 16.4. The molecule has 2 heterocycles. The molecule has 3 rings (SSSR count). The third kappa shape index (κ3) is 2.64. The highest BCUT2D eigenvalue weighted by atomic mass is 16.3. The lowest BCUT2D eigenvalue weighted by Gasteiger charge is -2.08. The van der Waals surface area contributed by atoms with Gasteiger partial charge >= 0.3 is 0 Å². The molecule has 0 aliphatic heterocycles. The van der Waals surface area contributed by atoms with E-state index in [0.717, 1.165) is 18.8 Å². The van der Waals surface area contributed by atoms with E-state index in [2.05, 4.69) is 21.3 Å². The first kappa shape index (κ1) is 11.5. The van der Waals surface area contributed by atoms with E-state index >= 15 is 0 Å². The van der Waals surface area contributed by atoms with Gasteiger partial charge in [-0.2, -0.15) is 5.10 Å². The van der Waals surface area contributed by atoms with Crippen molar-refractivity contribution in [1.29, 1.82) is 0 Å². The lowest BCUT2D eigenvalue weighted by molar-refractivity contribution is 0.465. The summed E-state index contributed by atoms with van der Waals surface area (Å²) in [4.78, 5) is 0. The van der Waals surface area contributed by atoms with Crippen LogP contribution in [0.5, 0.6) is 0 Å². The Kier molecular flexibility index (Phi) is 3.46. The van der Waals surface area contributed by atoms with Crippen LogP contribution in [-0.2, 0) is 13.1 Å². The zero-order valence-corrected chi connectivity index (χ0v) is 10.5. The summed E-state index contributed by atoms with van der Waals surface area (Å²) in [5.41, 5.74) is 1.24. The van der Waals surface area contributed by atoms with Gasteiger partial charge in [0.2, 0.25) is 0 Å². The van der Waals surface area contributed by atoms with Crippen LogP contribution in [0.4, 0.5) is 0 Å². The van der Waals surface area contributed by atoms with Gasteiger partial charge in [-0.3, -0.25) is 4.68 Å². The Morgan fingerprint density at radius 3 is 3.00 bits per heavy atom. The van der Waals surface area contributed by atoms with E-state index in [9.17, 15) is 0 Å². The molecule has 2 aromatic heterocycles. The first-order valence-corrected chi connectivity index (χ1v) is 6.68. The molecule has 4 nitrogen and oxygen atoms in total. The van der Waals surface area contributed by atoms with Gasteiger partial charge in [-0.15, -0.1) is 0 Å². The molecule has 18 heavy (non-hydrogen) atoms. The van der Waals surface area contributed by atoms with E-state index < -0.39 is 0 Å². The molecule has 0 aromatic carbocycles. The summed E-state index contributed by atoms with van der Waals surface area (Å²) in [5, 5.41) is 7.83. The predicted octanol–water partition coefficient (Wildman–Crippen LogP) is 2.88. The van der Waals surface area contributed by atoms with Crippen molar-refractivity contribution in [2.75, 3.05) is 0 Å². The summed E-state index contributed by atoms with van der Waals surface area (Å²) in [6.07, 6.45) is 11.1. The van der Waals surface area contributed by atoms with Crippen LogP contribution < -0.4 is 5.32 Å². The summed E-state index contributed by atoms with van der Waals surface area (Å²) in [6.45, 7) is 1.61. The second kappa shape index (κ2) is 5.40. The second-order valence-corrected chi connectivity index (χ2v) is 4.95. The van der Waals surface area contributed by atoms with Crippen molar-refractivity contribution in [3.05, 3.63) is 42.1 Å². The first-order chi connectivity index (χ1) is 8.92. The zero-order chi connectivity index (χ0) is 12.2.